The first-order valence-electron chi connectivity index (χ1n) is 5.01. The molecule has 0 aliphatic rings. The van der Waals surface area contributed by atoms with Crippen molar-refractivity contribution >= 4 is 24.4 Å². The van der Waals surface area contributed by atoms with Gasteiger partial charge in [-0.05, 0) is 24.4 Å². The van der Waals surface area contributed by atoms with Gasteiger partial charge in [-0.3, -0.25) is 48.7 Å². The van der Waals surface area contributed by atoms with Gasteiger partial charge in [-0.2, -0.15) is 0 Å². The molecule has 0 saturated carbocycles. The molecule has 0 fully saturated rings. The quantitative estimate of drug-likeness (QED) is 0.336. The zero-order valence-electron chi connectivity index (χ0n) is 10.3. The van der Waals surface area contributed by atoms with Crippen molar-refractivity contribution in [2.75, 3.05) is 0 Å². The van der Waals surface area contributed by atoms with Crippen molar-refractivity contribution in [1.29, 1.82) is 0 Å². The van der Waals surface area contributed by atoms with Crippen LogP contribution in [0.1, 0.15) is 0 Å². The molecule has 2 aromatic heterocycles. The third-order valence-corrected chi connectivity index (χ3v) is 2.75. The minimum atomic E-state index is -0.719. The molecule has 108 valence electrons. The molecule has 0 saturated heterocycles. The average Bonchev–Trinajstić information content (AvgIpc) is 2.35. The Morgan fingerprint density at radius 1 is 0.700 bits per heavy atom. The molecule has 12 heteroatoms. The van der Waals surface area contributed by atoms with Crippen LogP contribution >= 0.6 is 24.4 Å². The van der Waals surface area contributed by atoms with Crippen molar-refractivity contribution in [3.8, 4) is 0 Å². The smallest absolute Gasteiger partial charge is 0.293 e. The molecule has 2 rings (SSSR count). The number of rotatable bonds is 0. The predicted octanol–water partition coefficient (Wildman–Crippen LogP) is -1.74. The third kappa shape index (κ3) is 3.83. The maximum atomic E-state index is 10.5. The molecule has 20 heavy (non-hydrogen) atoms. The lowest BCUT2D eigenvalue weighted by atomic mass is 10.8. The minimum absolute atomic E-state index is 0.199. The van der Waals surface area contributed by atoms with E-state index in [1.165, 1.54) is 9.36 Å². The standard InChI is InChI=1S/2C4H5N3O2S/c2*1-7-4(10)5-2(8)3(9)6-7/h2*1H3,(H,6,9)(H,5,8,10). The summed E-state index contributed by atoms with van der Waals surface area (Å²) in [5.74, 6) is 0. The van der Waals surface area contributed by atoms with Crippen LogP contribution in [0.5, 0.6) is 0 Å². The average molecular weight is 318 g/mol. The molecule has 0 aromatic carbocycles. The highest BCUT2D eigenvalue weighted by Crippen LogP contribution is 1.69. The summed E-state index contributed by atoms with van der Waals surface area (Å²) >= 11 is 9.28. The van der Waals surface area contributed by atoms with Gasteiger partial charge in [-0.25, -0.2) is 0 Å². The molecule has 0 aliphatic heterocycles. The van der Waals surface area contributed by atoms with E-state index in [4.69, 9.17) is 0 Å². The van der Waals surface area contributed by atoms with Crippen LogP contribution < -0.4 is 22.2 Å². The Morgan fingerprint density at radius 3 is 1.25 bits per heavy atom. The van der Waals surface area contributed by atoms with Crippen LogP contribution in [0.15, 0.2) is 19.2 Å². The maximum absolute atomic E-state index is 10.5. The molecule has 0 amide bonds. The Hall–Kier alpha value is -2.34. The van der Waals surface area contributed by atoms with Crippen LogP contribution in [0.25, 0.3) is 0 Å². The summed E-state index contributed by atoms with van der Waals surface area (Å²) in [5, 5.41) is 4.44. The van der Waals surface area contributed by atoms with Crippen molar-refractivity contribution in [1.82, 2.24) is 29.5 Å². The number of nitrogens with one attached hydrogen (secondary N) is 4. The summed E-state index contributed by atoms with van der Waals surface area (Å²) in [7, 11) is 3.08. The van der Waals surface area contributed by atoms with Gasteiger partial charge in [0.15, 0.2) is 9.54 Å². The normalized spacial score (nSPS) is 9.70. The Kier molecular flexibility index (Phi) is 4.88. The summed E-state index contributed by atoms with van der Waals surface area (Å²) in [6.07, 6.45) is 0. The number of aromatic amines is 4. The van der Waals surface area contributed by atoms with Crippen molar-refractivity contribution in [2.24, 2.45) is 14.1 Å². The topological polar surface area (TPSA) is 141 Å². The zero-order valence-corrected chi connectivity index (χ0v) is 12.0. The Bertz CT molecular complexity index is 875. The number of aryl methyl sites for hydroxylation is 2. The Balaban J connectivity index is 0.000000200. The van der Waals surface area contributed by atoms with Crippen LogP contribution in [-0.2, 0) is 14.1 Å². The fourth-order valence-corrected chi connectivity index (χ4v) is 1.26. The molecule has 2 heterocycles. The van der Waals surface area contributed by atoms with Crippen LogP contribution in [0.2, 0.25) is 0 Å². The van der Waals surface area contributed by atoms with Crippen molar-refractivity contribution in [3.05, 3.63) is 51.0 Å². The maximum Gasteiger partial charge on any atom is 0.328 e. The van der Waals surface area contributed by atoms with Gasteiger partial charge < -0.3 is 0 Å². The second kappa shape index (κ2) is 6.21. The molecule has 4 N–H and O–H groups in total. The number of hydrogen-bond acceptors (Lipinski definition) is 6. The summed E-state index contributed by atoms with van der Waals surface area (Å²) in [6, 6.07) is 0. The van der Waals surface area contributed by atoms with Gasteiger partial charge in [0.05, 0.1) is 0 Å². The van der Waals surface area contributed by atoms with E-state index < -0.39 is 22.2 Å². The van der Waals surface area contributed by atoms with Gasteiger partial charge in [-0.1, -0.05) is 0 Å². The highest BCUT2D eigenvalue weighted by molar-refractivity contribution is 7.71. The van der Waals surface area contributed by atoms with E-state index in [9.17, 15) is 19.2 Å². The number of aromatic nitrogens is 6. The molecule has 0 unspecified atom stereocenters. The summed E-state index contributed by atoms with van der Waals surface area (Å²) < 4.78 is 2.92. The van der Waals surface area contributed by atoms with Crippen LogP contribution in [0.3, 0.4) is 0 Å². The second-order valence-electron chi connectivity index (χ2n) is 3.52. The van der Waals surface area contributed by atoms with E-state index in [1.807, 2.05) is 0 Å². The largest absolute Gasteiger partial charge is 0.328 e. The van der Waals surface area contributed by atoms with E-state index in [0.29, 0.717) is 0 Å². The molecule has 10 nitrogen and oxygen atoms in total. The first kappa shape index (κ1) is 15.7. The zero-order chi connectivity index (χ0) is 15.4. The van der Waals surface area contributed by atoms with Gasteiger partial charge in [0.2, 0.25) is 0 Å². The number of H-pyrrole nitrogens is 4. The molecule has 0 aliphatic carbocycles. The molecule has 2 aromatic rings. The SMILES string of the molecule is Cn1[nH]c(=O)c(=O)[nH]c1=S.Cn1[nH]c(=O)c(=O)[nH]c1=S. The van der Waals surface area contributed by atoms with Crippen molar-refractivity contribution in [2.45, 2.75) is 0 Å². The van der Waals surface area contributed by atoms with Crippen LogP contribution in [0.4, 0.5) is 0 Å². The molecular weight excluding hydrogens is 308 g/mol. The molecule has 0 radical (unpaired) electrons. The fraction of sp³-hybridized carbons (Fsp3) is 0.250. The molecular formula is C8H10N6O4S2. The van der Waals surface area contributed by atoms with Gasteiger partial charge >= 0.3 is 22.2 Å². The van der Waals surface area contributed by atoms with Gasteiger partial charge in [0, 0.05) is 14.1 Å². The first-order valence-corrected chi connectivity index (χ1v) is 5.83. The highest BCUT2D eigenvalue weighted by Gasteiger charge is 1.92. The number of nitrogens with zero attached hydrogens (tertiary/aromatic N) is 2. The number of hydrogen-bond donors (Lipinski definition) is 4. The van der Waals surface area contributed by atoms with Crippen molar-refractivity contribution < 1.29 is 0 Å². The lowest BCUT2D eigenvalue weighted by Crippen LogP contribution is -2.33. The molecule has 0 atom stereocenters. The third-order valence-electron chi connectivity index (χ3n) is 2.00. The minimum Gasteiger partial charge on any atom is -0.293 e. The van der Waals surface area contributed by atoms with Crippen molar-refractivity contribution in [3.63, 3.8) is 0 Å². The lowest BCUT2D eigenvalue weighted by molar-refractivity contribution is 0.670. The monoisotopic (exact) mass is 318 g/mol. The second-order valence-corrected chi connectivity index (χ2v) is 4.29. The lowest BCUT2D eigenvalue weighted by Gasteiger charge is -1.93. The van der Waals surface area contributed by atoms with Gasteiger partial charge in [0.1, 0.15) is 0 Å². The van der Waals surface area contributed by atoms with Crippen LogP contribution in [-0.4, -0.2) is 29.5 Å². The van der Waals surface area contributed by atoms with E-state index in [2.05, 4.69) is 44.6 Å². The van der Waals surface area contributed by atoms with E-state index in [0.717, 1.165) is 0 Å². The van der Waals surface area contributed by atoms with Crippen LogP contribution in [0, 0.1) is 9.54 Å². The van der Waals surface area contributed by atoms with Gasteiger partial charge in [-0.15, -0.1) is 0 Å². The molecule has 0 bridgehead atoms. The predicted molar refractivity (Wildman–Crippen MR) is 75.0 cm³/mol. The summed E-state index contributed by atoms with van der Waals surface area (Å²) in [6.45, 7) is 0. The Morgan fingerprint density at radius 2 is 1.00 bits per heavy atom. The summed E-state index contributed by atoms with van der Waals surface area (Å²) in [4.78, 5) is 46.4. The highest BCUT2D eigenvalue weighted by atomic mass is 32.1. The van der Waals surface area contributed by atoms with E-state index >= 15 is 0 Å². The van der Waals surface area contributed by atoms with Gasteiger partial charge in [0.25, 0.3) is 0 Å². The Labute approximate surface area is 119 Å². The van der Waals surface area contributed by atoms with E-state index in [1.54, 1.807) is 14.1 Å². The summed E-state index contributed by atoms with van der Waals surface area (Å²) in [5.41, 5.74) is -2.83. The van der Waals surface area contributed by atoms with E-state index in [-0.39, 0.29) is 9.54 Å². The molecule has 0 spiro atoms. The fourth-order valence-electron chi connectivity index (χ4n) is 0.983. The first-order chi connectivity index (χ1) is 9.22.